The maximum atomic E-state index is 10.6. The minimum Gasteiger partial charge on any atom is -0.486 e. The fraction of sp³-hybridized carbons (Fsp3) is 0.625. The highest BCUT2D eigenvalue weighted by molar-refractivity contribution is 5.45. The van der Waals surface area contributed by atoms with Gasteiger partial charge in [-0.3, -0.25) is 0 Å². The van der Waals surface area contributed by atoms with Gasteiger partial charge in [0.2, 0.25) is 0 Å². The summed E-state index contributed by atoms with van der Waals surface area (Å²) in [6.45, 7) is 1.63. The lowest BCUT2D eigenvalue weighted by atomic mass is 9.85. The molecule has 1 aromatic carbocycles. The standard InChI is InChI=1S/C16H23NO3/c17-10-13(16(18)11-3-1-2-4-11)12-5-6-14-15(9-12)20-8-7-19-14/h5-6,9,11,13,16,18H,1-4,7-8,10,17H2. The second kappa shape index (κ2) is 6.02. The predicted molar refractivity (Wildman–Crippen MR) is 77.2 cm³/mol. The van der Waals surface area contributed by atoms with Gasteiger partial charge in [0.1, 0.15) is 13.2 Å². The topological polar surface area (TPSA) is 64.7 Å². The summed E-state index contributed by atoms with van der Waals surface area (Å²) in [5, 5.41) is 10.6. The average molecular weight is 277 g/mol. The first-order valence-electron chi connectivity index (χ1n) is 7.57. The van der Waals surface area contributed by atoms with Gasteiger partial charge >= 0.3 is 0 Å². The van der Waals surface area contributed by atoms with E-state index in [2.05, 4.69) is 0 Å². The monoisotopic (exact) mass is 277 g/mol. The van der Waals surface area contributed by atoms with Crippen molar-refractivity contribution in [3.63, 3.8) is 0 Å². The van der Waals surface area contributed by atoms with Crippen molar-refractivity contribution < 1.29 is 14.6 Å². The lowest BCUT2D eigenvalue weighted by Gasteiger charge is -2.28. The van der Waals surface area contributed by atoms with Gasteiger partial charge in [-0.05, 0) is 36.5 Å². The first-order chi connectivity index (χ1) is 9.79. The third kappa shape index (κ3) is 2.63. The van der Waals surface area contributed by atoms with E-state index in [-0.39, 0.29) is 12.0 Å². The molecular weight excluding hydrogens is 254 g/mol. The summed E-state index contributed by atoms with van der Waals surface area (Å²) in [6.07, 6.45) is 4.31. The summed E-state index contributed by atoms with van der Waals surface area (Å²) in [7, 11) is 0. The van der Waals surface area contributed by atoms with Crippen LogP contribution in [-0.2, 0) is 0 Å². The molecule has 0 amide bonds. The molecule has 1 saturated carbocycles. The van der Waals surface area contributed by atoms with Crippen LogP contribution in [0.5, 0.6) is 11.5 Å². The number of rotatable bonds is 4. The summed E-state index contributed by atoms with van der Waals surface area (Å²) in [4.78, 5) is 0. The molecule has 1 heterocycles. The van der Waals surface area contributed by atoms with Crippen molar-refractivity contribution in [2.45, 2.75) is 37.7 Å². The molecule has 3 rings (SSSR count). The van der Waals surface area contributed by atoms with Crippen molar-refractivity contribution in [3.8, 4) is 11.5 Å². The van der Waals surface area contributed by atoms with Crippen LogP contribution in [0.25, 0.3) is 0 Å². The van der Waals surface area contributed by atoms with Gasteiger partial charge in [-0.1, -0.05) is 18.9 Å². The summed E-state index contributed by atoms with van der Waals surface area (Å²) >= 11 is 0. The summed E-state index contributed by atoms with van der Waals surface area (Å²) in [5.41, 5.74) is 6.97. The molecule has 1 fully saturated rings. The third-order valence-electron chi connectivity index (χ3n) is 4.54. The summed E-state index contributed by atoms with van der Waals surface area (Å²) in [5.74, 6) is 1.92. The second-order valence-electron chi connectivity index (χ2n) is 5.78. The van der Waals surface area contributed by atoms with E-state index >= 15 is 0 Å². The Labute approximate surface area is 119 Å². The molecule has 20 heavy (non-hydrogen) atoms. The quantitative estimate of drug-likeness (QED) is 0.884. The van der Waals surface area contributed by atoms with Crippen molar-refractivity contribution in [1.82, 2.24) is 0 Å². The van der Waals surface area contributed by atoms with Crippen LogP contribution in [0.3, 0.4) is 0 Å². The highest BCUT2D eigenvalue weighted by Crippen LogP contribution is 2.37. The van der Waals surface area contributed by atoms with Crippen LogP contribution in [0.1, 0.15) is 37.2 Å². The Morgan fingerprint density at radius 1 is 1.15 bits per heavy atom. The van der Waals surface area contributed by atoms with Crippen molar-refractivity contribution in [2.75, 3.05) is 19.8 Å². The minimum absolute atomic E-state index is 0.0195. The van der Waals surface area contributed by atoms with Crippen LogP contribution in [0.15, 0.2) is 18.2 Å². The van der Waals surface area contributed by atoms with E-state index in [0.717, 1.165) is 29.9 Å². The van der Waals surface area contributed by atoms with E-state index in [1.165, 1.54) is 12.8 Å². The number of nitrogens with two attached hydrogens (primary N) is 1. The van der Waals surface area contributed by atoms with Gasteiger partial charge in [-0.15, -0.1) is 0 Å². The summed E-state index contributed by atoms with van der Waals surface area (Å²) < 4.78 is 11.1. The molecule has 1 aliphatic carbocycles. The molecule has 1 aromatic rings. The first-order valence-corrected chi connectivity index (χ1v) is 7.57. The van der Waals surface area contributed by atoms with E-state index in [1.807, 2.05) is 18.2 Å². The van der Waals surface area contributed by atoms with Gasteiger partial charge in [-0.2, -0.15) is 0 Å². The van der Waals surface area contributed by atoms with Crippen LogP contribution < -0.4 is 15.2 Å². The van der Waals surface area contributed by atoms with Gasteiger partial charge in [0.05, 0.1) is 6.10 Å². The molecule has 0 bridgehead atoms. The molecule has 4 nitrogen and oxygen atoms in total. The van der Waals surface area contributed by atoms with Crippen LogP contribution in [0, 0.1) is 5.92 Å². The van der Waals surface area contributed by atoms with Gasteiger partial charge in [0, 0.05) is 12.5 Å². The Hall–Kier alpha value is -1.26. The molecule has 3 N–H and O–H groups in total. The third-order valence-corrected chi connectivity index (χ3v) is 4.54. The lowest BCUT2D eigenvalue weighted by molar-refractivity contribution is 0.0848. The zero-order valence-electron chi connectivity index (χ0n) is 11.8. The van der Waals surface area contributed by atoms with Crippen LogP contribution in [-0.4, -0.2) is 31.0 Å². The minimum atomic E-state index is -0.356. The molecule has 0 spiro atoms. The molecule has 2 aliphatic rings. The average Bonchev–Trinajstić information content (AvgIpc) is 3.02. The Balaban J connectivity index is 1.81. The largest absolute Gasteiger partial charge is 0.486 e. The number of benzene rings is 1. The van der Waals surface area contributed by atoms with Crippen molar-refractivity contribution in [3.05, 3.63) is 23.8 Å². The Kier molecular flexibility index (Phi) is 4.13. The Morgan fingerprint density at radius 2 is 1.85 bits per heavy atom. The fourth-order valence-electron chi connectivity index (χ4n) is 3.39. The van der Waals surface area contributed by atoms with Gasteiger partial charge in [0.15, 0.2) is 11.5 Å². The van der Waals surface area contributed by atoms with Crippen molar-refractivity contribution in [1.29, 1.82) is 0 Å². The van der Waals surface area contributed by atoms with Crippen molar-refractivity contribution in [2.24, 2.45) is 11.7 Å². The molecule has 2 atom stereocenters. The normalized spacial score (nSPS) is 21.7. The van der Waals surface area contributed by atoms with Crippen molar-refractivity contribution >= 4 is 0 Å². The molecule has 0 radical (unpaired) electrons. The SMILES string of the molecule is NCC(c1ccc2c(c1)OCCO2)C(O)C1CCCC1. The zero-order valence-corrected chi connectivity index (χ0v) is 11.8. The Morgan fingerprint density at radius 3 is 2.55 bits per heavy atom. The number of ether oxygens (including phenoxy) is 2. The number of hydrogen-bond acceptors (Lipinski definition) is 4. The predicted octanol–water partition coefficient (Wildman–Crippen LogP) is 2.05. The second-order valence-corrected chi connectivity index (χ2v) is 5.78. The van der Waals surface area contributed by atoms with E-state index in [4.69, 9.17) is 15.2 Å². The molecule has 1 aliphatic heterocycles. The Bertz CT molecular complexity index is 457. The van der Waals surface area contributed by atoms with Crippen LogP contribution in [0.4, 0.5) is 0 Å². The van der Waals surface area contributed by atoms with Gasteiger partial charge < -0.3 is 20.3 Å². The van der Waals surface area contributed by atoms with Gasteiger partial charge in [-0.25, -0.2) is 0 Å². The maximum Gasteiger partial charge on any atom is 0.161 e. The van der Waals surface area contributed by atoms with E-state index in [1.54, 1.807) is 0 Å². The highest BCUT2D eigenvalue weighted by Gasteiger charge is 2.30. The lowest BCUT2D eigenvalue weighted by Crippen LogP contribution is -2.31. The fourth-order valence-corrected chi connectivity index (χ4v) is 3.39. The number of fused-ring (bicyclic) bond motifs is 1. The molecule has 0 saturated heterocycles. The first kappa shape index (κ1) is 13.7. The van der Waals surface area contributed by atoms with E-state index in [0.29, 0.717) is 25.7 Å². The molecule has 4 heteroatoms. The molecule has 2 unspecified atom stereocenters. The molecule has 110 valence electrons. The number of aliphatic hydroxyl groups excluding tert-OH is 1. The van der Waals surface area contributed by atoms with Crippen LogP contribution in [0.2, 0.25) is 0 Å². The summed E-state index contributed by atoms with van der Waals surface area (Å²) in [6, 6.07) is 5.90. The zero-order chi connectivity index (χ0) is 13.9. The van der Waals surface area contributed by atoms with E-state index in [9.17, 15) is 5.11 Å². The van der Waals surface area contributed by atoms with E-state index < -0.39 is 0 Å². The maximum absolute atomic E-state index is 10.6. The number of hydrogen-bond donors (Lipinski definition) is 2. The molecular formula is C16H23NO3. The van der Waals surface area contributed by atoms with Gasteiger partial charge in [0.25, 0.3) is 0 Å². The smallest absolute Gasteiger partial charge is 0.161 e. The highest BCUT2D eigenvalue weighted by atomic mass is 16.6. The number of aliphatic hydroxyl groups is 1. The molecule has 0 aromatic heterocycles. The van der Waals surface area contributed by atoms with Crippen LogP contribution >= 0.6 is 0 Å².